The van der Waals surface area contributed by atoms with Crippen LogP contribution in [0.1, 0.15) is 17.9 Å². The van der Waals surface area contributed by atoms with E-state index in [1.165, 1.54) is 17.5 Å². The van der Waals surface area contributed by atoms with Gasteiger partial charge in [0.05, 0.1) is 0 Å². The van der Waals surface area contributed by atoms with E-state index in [4.69, 9.17) is 5.11 Å². The number of nitrogens with one attached hydrogen (secondary N) is 1. The van der Waals surface area contributed by atoms with Crippen LogP contribution in [0.5, 0.6) is 0 Å². The molecule has 0 spiro atoms. The van der Waals surface area contributed by atoms with Gasteiger partial charge in [0.25, 0.3) is 0 Å². The van der Waals surface area contributed by atoms with Crippen molar-refractivity contribution in [2.75, 3.05) is 13.6 Å². The van der Waals surface area contributed by atoms with Gasteiger partial charge in [-0.25, -0.2) is 4.79 Å². The van der Waals surface area contributed by atoms with Crippen LogP contribution in [0.3, 0.4) is 0 Å². The minimum Gasteiger partial charge on any atom is -0.480 e. The summed E-state index contributed by atoms with van der Waals surface area (Å²) in [6.45, 7) is -0.283. The maximum Gasteiger partial charge on any atom is 0.323 e. The van der Waals surface area contributed by atoms with Gasteiger partial charge in [0.15, 0.2) is 0 Å². The highest BCUT2D eigenvalue weighted by molar-refractivity contribution is 5.80. The normalized spacial score (nSPS) is 21.2. The average molecular weight is 248 g/mol. The van der Waals surface area contributed by atoms with E-state index in [-0.39, 0.29) is 18.6 Å². The van der Waals surface area contributed by atoms with Crippen molar-refractivity contribution >= 4 is 12.0 Å². The zero-order chi connectivity index (χ0) is 13.1. The first-order valence-electron chi connectivity index (χ1n) is 5.86. The van der Waals surface area contributed by atoms with Crippen LogP contribution in [0, 0.1) is 0 Å². The number of carboxylic acid groups (broad SMARTS) is 1. The van der Waals surface area contributed by atoms with Crippen LogP contribution in [0.15, 0.2) is 30.3 Å². The van der Waals surface area contributed by atoms with Crippen molar-refractivity contribution in [3.8, 4) is 0 Å². The molecule has 1 aromatic carbocycles. The van der Waals surface area contributed by atoms with E-state index in [2.05, 4.69) is 5.32 Å². The van der Waals surface area contributed by atoms with E-state index < -0.39 is 5.97 Å². The molecule has 2 atom stereocenters. The zero-order valence-corrected chi connectivity index (χ0v) is 10.2. The Bertz CT molecular complexity index is 447. The molecule has 0 aromatic heterocycles. The lowest BCUT2D eigenvalue weighted by Crippen LogP contribution is -2.41. The quantitative estimate of drug-likeness (QED) is 0.843. The van der Waals surface area contributed by atoms with Crippen LogP contribution in [-0.4, -0.2) is 41.6 Å². The molecule has 1 aliphatic rings. The summed E-state index contributed by atoms with van der Waals surface area (Å²) < 4.78 is 0. The number of carbonyl (C=O) groups excluding carboxylic acids is 1. The lowest BCUT2D eigenvalue weighted by atomic mass is 10.1. The molecule has 1 aromatic rings. The Kier molecular flexibility index (Phi) is 3.50. The molecule has 0 heterocycles. The van der Waals surface area contributed by atoms with E-state index in [9.17, 15) is 9.59 Å². The van der Waals surface area contributed by atoms with E-state index in [0.29, 0.717) is 5.92 Å². The maximum atomic E-state index is 11.7. The van der Waals surface area contributed by atoms with Crippen molar-refractivity contribution < 1.29 is 14.7 Å². The summed E-state index contributed by atoms with van der Waals surface area (Å²) in [4.78, 5) is 23.3. The third kappa shape index (κ3) is 3.00. The molecule has 0 radical (unpaired) electrons. The number of rotatable bonds is 4. The number of amides is 2. The minimum absolute atomic E-state index is 0.121. The van der Waals surface area contributed by atoms with E-state index in [1.54, 1.807) is 0 Å². The Morgan fingerprint density at radius 3 is 2.67 bits per heavy atom. The molecule has 1 fully saturated rings. The van der Waals surface area contributed by atoms with Crippen LogP contribution in [0.4, 0.5) is 4.79 Å². The van der Waals surface area contributed by atoms with Crippen molar-refractivity contribution in [3.63, 3.8) is 0 Å². The highest BCUT2D eigenvalue weighted by atomic mass is 16.4. The van der Waals surface area contributed by atoms with Crippen molar-refractivity contribution in [1.82, 2.24) is 10.2 Å². The van der Waals surface area contributed by atoms with Crippen molar-refractivity contribution in [1.29, 1.82) is 0 Å². The number of carboxylic acids is 1. The van der Waals surface area contributed by atoms with Crippen LogP contribution < -0.4 is 5.32 Å². The molecule has 0 bridgehead atoms. The number of nitrogens with zero attached hydrogens (tertiary/aromatic N) is 1. The second-order valence-corrected chi connectivity index (χ2v) is 4.56. The minimum atomic E-state index is -1.01. The fourth-order valence-electron chi connectivity index (χ4n) is 1.97. The van der Waals surface area contributed by atoms with Crippen LogP contribution in [-0.2, 0) is 4.79 Å². The third-order valence-corrected chi connectivity index (χ3v) is 3.05. The Morgan fingerprint density at radius 2 is 2.06 bits per heavy atom. The largest absolute Gasteiger partial charge is 0.480 e. The monoisotopic (exact) mass is 248 g/mol. The second-order valence-electron chi connectivity index (χ2n) is 4.56. The highest BCUT2D eigenvalue weighted by Gasteiger charge is 2.39. The average Bonchev–Trinajstić information content (AvgIpc) is 3.08. The van der Waals surface area contributed by atoms with Crippen LogP contribution >= 0.6 is 0 Å². The molecule has 2 N–H and O–H groups in total. The maximum absolute atomic E-state index is 11.7. The van der Waals surface area contributed by atoms with E-state index >= 15 is 0 Å². The Labute approximate surface area is 105 Å². The molecule has 2 rings (SSSR count). The number of carbonyl (C=O) groups is 2. The summed E-state index contributed by atoms with van der Waals surface area (Å²) in [5.41, 5.74) is 1.21. The predicted octanol–water partition coefficient (Wildman–Crippen LogP) is 1.27. The number of likely N-dealkylation sites (N-methyl/N-ethyl adjacent to an activating group) is 1. The summed E-state index contributed by atoms with van der Waals surface area (Å²) in [7, 11) is 1.48. The standard InChI is InChI=1S/C13H16N2O3/c1-15(8-12(16)17)13(18)14-11-7-10(11)9-5-3-2-4-6-9/h2-6,10-11H,7-8H2,1H3,(H,14,18)(H,16,17). The van der Waals surface area contributed by atoms with Gasteiger partial charge in [-0.1, -0.05) is 30.3 Å². The molecule has 2 unspecified atom stereocenters. The number of hydrogen-bond acceptors (Lipinski definition) is 2. The van der Waals surface area contributed by atoms with Gasteiger partial charge in [0, 0.05) is 19.0 Å². The third-order valence-electron chi connectivity index (χ3n) is 3.05. The molecular formula is C13H16N2O3. The topological polar surface area (TPSA) is 69.6 Å². The zero-order valence-electron chi connectivity index (χ0n) is 10.2. The number of hydrogen-bond donors (Lipinski definition) is 2. The molecule has 5 nitrogen and oxygen atoms in total. The van der Waals surface area contributed by atoms with Gasteiger partial charge in [0.2, 0.25) is 0 Å². The molecule has 18 heavy (non-hydrogen) atoms. The summed E-state index contributed by atoms with van der Waals surface area (Å²) in [5.74, 6) is -0.656. The first kappa shape index (κ1) is 12.4. The number of benzene rings is 1. The first-order valence-corrected chi connectivity index (χ1v) is 5.86. The molecule has 0 aliphatic heterocycles. The highest BCUT2D eigenvalue weighted by Crippen LogP contribution is 2.40. The SMILES string of the molecule is CN(CC(=O)O)C(=O)NC1CC1c1ccccc1. The molecule has 0 saturated heterocycles. The summed E-state index contributed by atoms with van der Waals surface area (Å²) in [6, 6.07) is 9.78. The lowest BCUT2D eigenvalue weighted by Gasteiger charge is -2.15. The van der Waals surface area contributed by atoms with Gasteiger partial charge >= 0.3 is 12.0 Å². The smallest absolute Gasteiger partial charge is 0.323 e. The van der Waals surface area contributed by atoms with Crippen molar-refractivity contribution in [2.45, 2.75) is 18.4 Å². The first-order chi connectivity index (χ1) is 8.58. The molecule has 5 heteroatoms. The fourth-order valence-corrected chi connectivity index (χ4v) is 1.97. The molecule has 2 amide bonds. The number of urea groups is 1. The van der Waals surface area contributed by atoms with Gasteiger partial charge in [-0.2, -0.15) is 0 Å². The van der Waals surface area contributed by atoms with Gasteiger partial charge in [-0.05, 0) is 12.0 Å². The van der Waals surface area contributed by atoms with Crippen LogP contribution in [0.2, 0.25) is 0 Å². The fraction of sp³-hybridized carbons (Fsp3) is 0.385. The lowest BCUT2D eigenvalue weighted by molar-refractivity contribution is -0.137. The molecule has 1 saturated carbocycles. The molecular weight excluding hydrogens is 232 g/mol. The second kappa shape index (κ2) is 5.08. The summed E-state index contributed by atoms with van der Waals surface area (Å²) in [5, 5.41) is 11.4. The summed E-state index contributed by atoms with van der Waals surface area (Å²) in [6.07, 6.45) is 0.913. The number of aliphatic carboxylic acids is 1. The van der Waals surface area contributed by atoms with E-state index in [0.717, 1.165) is 6.42 Å². The van der Waals surface area contributed by atoms with Crippen molar-refractivity contribution in [2.24, 2.45) is 0 Å². The Balaban J connectivity index is 1.83. The van der Waals surface area contributed by atoms with Crippen molar-refractivity contribution in [3.05, 3.63) is 35.9 Å². The summed E-state index contributed by atoms with van der Waals surface area (Å²) >= 11 is 0. The Hall–Kier alpha value is -2.04. The van der Waals surface area contributed by atoms with Gasteiger partial charge < -0.3 is 15.3 Å². The van der Waals surface area contributed by atoms with Gasteiger partial charge in [-0.3, -0.25) is 4.79 Å². The van der Waals surface area contributed by atoms with Gasteiger partial charge in [0.1, 0.15) is 6.54 Å². The predicted molar refractivity (Wildman–Crippen MR) is 66.4 cm³/mol. The van der Waals surface area contributed by atoms with Gasteiger partial charge in [-0.15, -0.1) is 0 Å². The van der Waals surface area contributed by atoms with E-state index in [1.807, 2.05) is 30.3 Å². The Morgan fingerprint density at radius 1 is 1.39 bits per heavy atom. The molecule has 1 aliphatic carbocycles. The molecule has 96 valence electrons. The van der Waals surface area contributed by atoms with Crippen LogP contribution in [0.25, 0.3) is 0 Å².